The molecule has 1 aliphatic heterocycles. The van der Waals surface area contributed by atoms with Crippen LogP contribution in [0, 0.1) is 19.7 Å². The van der Waals surface area contributed by atoms with Crippen LogP contribution in [0.5, 0.6) is 0 Å². The maximum absolute atomic E-state index is 15.0. The van der Waals surface area contributed by atoms with Gasteiger partial charge >= 0.3 is 0 Å². The van der Waals surface area contributed by atoms with E-state index < -0.39 is 6.17 Å². The van der Waals surface area contributed by atoms with Crippen LogP contribution >= 0.6 is 0 Å². The molecule has 2 aliphatic carbocycles. The number of likely N-dealkylation sites (tertiary alicyclic amines) is 1. The molecule has 1 saturated heterocycles. The first-order valence-electron chi connectivity index (χ1n) is 14.0. The van der Waals surface area contributed by atoms with Crippen molar-refractivity contribution in [2.75, 3.05) is 18.4 Å². The van der Waals surface area contributed by atoms with Crippen LogP contribution < -0.4 is 10.6 Å². The molecule has 3 aliphatic rings. The van der Waals surface area contributed by atoms with Gasteiger partial charge in [0.15, 0.2) is 0 Å². The van der Waals surface area contributed by atoms with Crippen LogP contribution in [0.2, 0.25) is 0 Å². The SMILES string of the molecule is Cc1cc(-n2cc(-c3cncc(NC4CCN(C5CCCC5)CC4F)c3)cn2)c(C)cc1F.O=CNC1CC1. The number of carbonyl (C=O) groups excluding carboxylic acids is 1. The second-order valence-corrected chi connectivity index (χ2v) is 11.1. The van der Waals surface area contributed by atoms with Gasteiger partial charge in [-0.25, -0.2) is 13.5 Å². The maximum atomic E-state index is 15.0. The molecule has 2 unspecified atom stereocenters. The Hall–Kier alpha value is -3.33. The Labute approximate surface area is 229 Å². The van der Waals surface area contributed by atoms with Crippen molar-refractivity contribution < 1.29 is 13.6 Å². The molecular formula is C30H38F2N6O. The average Bonchev–Trinajstić information content (AvgIpc) is 3.37. The number of anilines is 1. The third-order valence-electron chi connectivity index (χ3n) is 8.03. The topological polar surface area (TPSA) is 75.1 Å². The van der Waals surface area contributed by atoms with Crippen LogP contribution in [0.25, 0.3) is 16.8 Å². The van der Waals surface area contributed by atoms with Gasteiger partial charge in [0.25, 0.3) is 0 Å². The molecule has 9 heteroatoms. The van der Waals surface area contributed by atoms with Crippen LogP contribution in [0.4, 0.5) is 14.5 Å². The van der Waals surface area contributed by atoms with Crippen molar-refractivity contribution in [2.45, 2.75) is 83.1 Å². The first-order valence-corrected chi connectivity index (χ1v) is 14.0. The lowest BCUT2D eigenvalue weighted by Crippen LogP contribution is -2.50. The normalized spacial score (nSPS) is 21.7. The number of amides is 1. The van der Waals surface area contributed by atoms with Gasteiger partial charge in [-0.1, -0.05) is 12.8 Å². The van der Waals surface area contributed by atoms with E-state index in [9.17, 15) is 13.6 Å². The lowest BCUT2D eigenvalue weighted by Gasteiger charge is -2.38. The van der Waals surface area contributed by atoms with Gasteiger partial charge in [-0.2, -0.15) is 5.10 Å². The molecule has 39 heavy (non-hydrogen) atoms. The van der Waals surface area contributed by atoms with Crippen LogP contribution in [0.1, 0.15) is 56.1 Å². The lowest BCUT2D eigenvalue weighted by atomic mass is 10.00. The van der Waals surface area contributed by atoms with E-state index in [-0.39, 0.29) is 11.9 Å². The monoisotopic (exact) mass is 536 g/mol. The van der Waals surface area contributed by atoms with Gasteiger partial charge in [0.05, 0.1) is 23.6 Å². The molecule has 2 saturated carbocycles. The van der Waals surface area contributed by atoms with Crippen LogP contribution in [0.15, 0.2) is 43.0 Å². The number of rotatable bonds is 7. The first-order chi connectivity index (χ1) is 18.9. The molecule has 3 aromatic rings. The number of nitrogens with zero attached hydrogens (tertiary/aromatic N) is 4. The van der Waals surface area contributed by atoms with Gasteiger partial charge in [-0.05, 0) is 75.3 Å². The number of aryl methyl sites for hydroxylation is 2. The number of nitrogens with one attached hydrogen (secondary N) is 2. The second-order valence-electron chi connectivity index (χ2n) is 11.1. The van der Waals surface area contributed by atoms with E-state index in [4.69, 9.17) is 0 Å². The molecule has 3 fully saturated rings. The second kappa shape index (κ2) is 12.2. The molecule has 0 spiro atoms. The molecule has 6 rings (SSSR count). The minimum Gasteiger partial charge on any atom is -0.378 e. The maximum Gasteiger partial charge on any atom is 0.207 e. The van der Waals surface area contributed by atoms with Crippen LogP contribution in [-0.4, -0.2) is 63.5 Å². The van der Waals surface area contributed by atoms with E-state index in [1.807, 2.05) is 19.2 Å². The Kier molecular flexibility index (Phi) is 8.55. The van der Waals surface area contributed by atoms with Crippen molar-refractivity contribution in [1.29, 1.82) is 0 Å². The average molecular weight is 537 g/mol. The molecule has 0 radical (unpaired) electrons. The smallest absolute Gasteiger partial charge is 0.207 e. The summed E-state index contributed by atoms with van der Waals surface area (Å²) in [7, 11) is 0. The third-order valence-corrected chi connectivity index (χ3v) is 8.03. The quantitative estimate of drug-likeness (QED) is 0.398. The number of aromatic nitrogens is 3. The molecule has 3 heterocycles. The van der Waals surface area contributed by atoms with E-state index in [1.54, 1.807) is 36.3 Å². The summed E-state index contributed by atoms with van der Waals surface area (Å²) in [6.07, 6.45) is 15.2. The van der Waals surface area contributed by atoms with Crippen molar-refractivity contribution in [3.8, 4) is 16.8 Å². The summed E-state index contributed by atoms with van der Waals surface area (Å²) in [4.78, 5) is 16.3. The molecule has 1 aromatic carbocycles. The summed E-state index contributed by atoms with van der Waals surface area (Å²) >= 11 is 0. The van der Waals surface area contributed by atoms with Crippen molar-refractivity contribution in [3.05, 3.63) is 59.9 Å². The van der Waals surface area contributed by atoms with Crippen LogP contribution in [-0.2, 0) is 4.79 Å². The van der Waals surface area contributed by atoms with Gasteiger partial charge in [-0.15, -0.1) is 0 Å². The molecular weight excluding hydrogens is 498 g/mol. The number of carbonyl (C=O) groups is 1. The van der Waals surface area contributed by atoms with Crippen molar-refractivity contribution in [1.82, 2.24) is 25.0 Å². The lowest BCUT2D eigenvalue weighted by molar-refractivity contribution is -0.109. The van der Waals surface area contributed by atoms with Gasteiger partial charge in [0.2, 0.25) is 6.41 Å². The van der Waals surface area contributed by atoms with E-state index in [1.165, 1.54) is 44.6 Å². The van der Waals surface area contributed by atoms with Gasteiger partial charge in [0, 0.05) is 54.9 Å². The summed E-state index contributed by atoms with van der Waals surface area (Å²) in [5.41, 5.74) is 4.87. The minimum absolute atomic E-state index is 0.202. The van der Waals surface area contributed by atoms with Gasteiger partial charge in [0.1, 0.15) is 12.0 Å². The summed E-state index contributed by atoms with van der Waals surface area (Å²) in [6, 6.07) is 6.22. The molecule has 2 aromatic heterocycles. The highest BCUT2D eigenvalue weighted by Gasteiger charge is 2.33. The van der Waals surface area contributed by atoms with E-state index in [0.717, 1.165) is 47.4 Å². The number of piperidine rings is 1. The highest BCUT2D eigenvalue weighted by atomic mass is 19.1. The van der Waals surface area contributed by atoms with Crippen molar-refractivity contribution >= 4 is 12.1 Å². The zero-order valence-electron chi connectivity index (χ0n) is 22.7. The fraction of sp³-hybridized carbons (Fsp3) is 0.500. The molecule has 2 atom stereocenters. The summed E-state index contributed by atoms with van der Waals surface area (Å²) in [5.74, 6) is -0.216. The van der Waals surface area contributed by atoms with Crippen molar-refractivity contribution in [2.24, 2.45) is 0 Å². The molecule has 208 valence electrons. The standard InChI is InChI=1S/C26H31F2N5.C4H7NO/c1-17-10-26(18(2)9-23(17)27)33-15-20(13-30-33)19-11-21(14-29-12-19)31-25-7-8-32(16-24(25)28)22-5-3-4-6-22;6-3-5-4-1-2-4/h9-15,22,24-25,31H,3-8,16H2,1-2H3;3-4H,1-2H2,(H,5,6). The number of alkyl halides is 1. The number of pyridine rings is 1. The largest absolute Gasteiger partial charge is 0.378 e. The number of hydrogen-bond donors (Lipinski definition) is 2. The van der Waals surface area contributed by atoms with Crippen LogP contribution in [0.3, 0.4) is 0 Å². The Morgan fingerprint density at radius 3 is 2.46 bits per heavy atom. The Morgan fingerprint density at radius 1 is 0.974 bits per heavy atom. The molecule has 1 amide bonds. The molecule has 2 N–H and O–H groups in total. The fourth-order valence-electron chi connectivity index (χ4n) is 5.55. The fourth-order valence-corrected chi connectivity index (χ4v) is 5.55. The minimum atomic E-state index is -0.893. The number of halogens is 2. The predicted octanol–water partition coefficient (Wildman–Crippen LogP) is 5.35. The Balaban J connectivity index is 0.000000455. The number of hydrogen-bond acceptors (Lipinski definition) is 5. The molecule has 7 nitrogen and oxygen atoms in total. The van der Waals surface area contributed by atoms with E-state index in [0.29, 0.717) is 24.2 Å². The summed E-state index contributed by atoms with van der Waals surface area (Å²) in [5, 5.41) is 10.5. The van der Waals surface area contributed by atoms with Gasteiger partial charge in [-0.3, -0.25) is 14.7 Å². The van der Waals surface area contributed by atoms with E-state index in [2.05, 4.69) is 25.6 Å². The summed E-state index contributed by atoms with van der Waals surface area (Å²) in [6.45, 7) is 5.08. The first kappa shape index (κ1) is 27.2. The Bertz CT molecular complexity index is 1270. The zero-order chi connectivity index (χ0) is 27.4. The van der Waals surface area contributed by atoms with E-state index >= 15 is 0 Å². The third kappa shape index (κ3) is 6.82. The Morgan fingerprint density at radius 2 is 1.77 bits per heavy atom. The number of benzene rings is 1. The van der Waals surface area contributed by atoms with Gasteiger partial charge < -0.3 is 10.6 Å². The zero-order valence-corrected chi connectivity index (χ0v) is 22.7. The molecule has 0 bridgehead atoms. The highest BCUT2D eigenvalue weighted by Crippen LogP contribution is 2.29. The predicted molar refractivity (Wildman–Crippen MR) is 149 cm³/mol. The van der Waals surface area contributed by atoms with Crippen molar-refractivity contribution in [3.63, 3.8) is 0 Å². The summed E-state index contributed by atoms with van der Waals surface area (Å²) < 4.78 is 30.6. The highest BCUT2D eigenvalue weighted by molar-refractivity contribution is 5.66.